The van der Waals surface area contributed by atoms with Crippen molar-refractivity contribution in [1.29, 1.82) is 0 Å². The van der Waals surface area contributed by atoms with Crippen molar-refractivity contribution in [1.82, 2.24) is 14.8 Å². The van der Waals surface area contributed by atoms with Crippen LogP contribution in [0.4, 0.5) is 4.39 Å². The number of pyridine rings is 1. The van der Waals surface area contributed by atoms with Crippen LogP contribution in [0, 0.1) is 12.7 Å². The summed E-state index contributed by atoms with van der Waals surface area (Å²) >= 11 is 0. The van der Waals surface area contributed by atoms with Crippen LogP contribution in [-0.2, 0) is 0 Å². The number of H-pyrrole nitrogens is 1. The fourth-order valence-corrected chi connectivity index (χ4v) is 2.63. The Morgan fingerprint density at radius 3 is 2.68 bits per heavy atom. The van der Waals surface area contributed by atoms with Gasteiger partial charge in [-0.25, -0.2) is 4.39 Å². The molecule has 2 aliphatic heterocycles. The first kappa shape index (κ1) is 12.8. The van der Waals surface area contributed by atoms with Gasteiger partial charge < -0.3 is 4.98 Å². The fraction of sp³-hybridized carbons (Fsp3) is 0.0588. The molecule has 0 fully saturated rings. The largest absolute Gasteiger partial charge is 0.360 e. The third kappa shape index (κ3) is 1.83. The normalized spacial score (nSPS) is 11.4. The minimum Gasteiger partial charge on any atom is -0.360 e. The molecule has 4 rings (SSSR count). The third-order valence-corrected chi connectivity index (χ3v) is 3.75. The second-order valence-corrected chi connectivity index (χ2v) is 5.29. The van der Waals surface area contributed by atoms with E-state index >= 15 is 0 Å². The Kier molecular flexibility index (Phi) is 2.63. The van der Waals surface area contributed by atoms with Crippen LogP contribution in [-0.4, -0.2) is 14.8 Å². The van der Waals surface area contributed by atoms with Gasteiger partial charge in [-0.1, -0.05) is 12.1 Å². The molecule has 2 aromatic carbocycles. The summed E-state index contributed by atoms with van der Waals surface area (Å²) in [5.74, 6) is -0.345. The van der Waals surface area contributed by atoms with E-state index < -0.39 is 0 Å². The van der Waals surface area contributed by atoms with E-state index in [4.69, 9.17) is 0 Å². The molecule has 0 saturated heterocycles. The van der Waals surface area contributed by atoms with Crippen molar-refractivity contribution in [2.45, 2.75) is 6.92 Å². The van der Waals surface area contributed by atoms with Crippen LogP contribution in [0.5, 0.6) is 0 Å². The van der Waals surface area contributed by atoms with Gasteiger partial charge in [0.1, 0.15) is 11.5 Å². The molecule has 0 radical (unpaired) electrons. The molecule has 0 aromatic heterocycles. The van der Waals surface area contributed by atoms with Gasteiger partial charge in [0.15, 0.2) is 0 Å². The van der Waals surface area contributed by atoms with Crippen LogP contribution in [0.1, 0.15) is 5.56 Å². The minimum atomic E-state index is -0.345. The van der Waals surface area contributed by atoms with Crippen molar-refractivity contribution in [3.8, 4) is 16.9 Å². The summed E-state index contributed by atoms with van der Waals surface area (Å²) in [4.78, 5) is 15.6. The summed E-state index contributed by atoms with van der Waals surface area (Å²) in [6, 6.07) is 11.7. The molecule has 0 amide bonds. The Morgan fingerprint density at radius 2 is 1.91 bits per heavy atom. The maximum atomic E-state index is 13.0. The number of benzene rings is 2. The molecule has 0 atom stereocenters. The maximum absolute atomic E-state index is 13.0. The molecular formula is C17H12FN3O. The number of aryl methyl sites for hydroxylation is 1. The average molecular weight is 293 g/mol. The minimum absolute atomic E-state index is 0.222. The summed E-state index contributed by atoms with van der Waals surface area (Å²) in [7, 11) is 0. The van der Waals surface area contributed by atoms with Gasteiger partial charge in [0, 0.05) is 17.1 Å². The molecule has 0 spiro atoms. The van der Waals surface area contributed by atoms with E-state index in [2.05, 4.69) is 10.1 Å². The summed E-state index contributed by atoms with van der Waals surface area (Å²) in [5, 5.41) is 5.32. The molecular weight excluding hydrogens is 281 g/mol. The molecule has 0 unspecified atom stereocenters. The van der Waals surface area contributed by atoms with Crippen molar-refractivity contribution >= 4 is 10.9 Å². The first-order valence-electron chi connectivity index (χ1n) is 6.90. The zero-order valence-corrected chi connectivity index (χ0v) is 11.8. The predicted octanol–water partition coefficient (Wildman–Crippen LogP) is 3.27. The molecule has 2 aromatic rings. The zero-order valence-electron chi connectivity index (χ0n) is 11.8. The first-order valence-corrected chi connectivity index (χ1v) is 6.90. The number of halogens is 1. The van der Waals surface area contributed by atoms with E-state index in [1.54, 1.807) is 18.3 Å². The SMILES string of the molecule is Cc1ccc2c3nn(-c4ccc(F)cc4)c(=O)c-3c[nH]c2c1. The van der Waals surface area contributed by atoms with Crippen LogP contribution < -0.4 is 5.56 Å². The van der Waals surface area contributed by atoms with Gasteiger partial charge in [-0.3, -0.25) is 4.79 Å². The van der Waals surface area contributed by atoms with Gasteiger partial charge in [0.05, 0.1) is 11.3 Å². The third-order valence-electron chi connectivity index (χ3n) is 3.75. The topological polar surface area (TPSA) is 50.7 Å². The van der Waals surface area contributed by atoms with Gasteiger partial charge in [-0.15, -0.1) is 0 Å². The highest BCUT2D eigenvalue weighted by Gasteiger charge is 2.18. The van der Waals surface area contributed by atoms with Crippen LogP contribution in [0.25, 0.3) is 27.8 Å². The monoisotopic (exact) mass is 293 g/mol. The van der Waals surface area contributed by atoms with E-state index in [9.17, 15) is 9.18 Å². The highest BCUT2D eigenvalue weighted by molar-refractivity contribution is 5.93. The standard InChI is InChI=1S/C17H12FN3O/c1-10-2-7-13-15(8-10)19-9-14-16(13)20-21(17(14)22)12-5-3-11(18)4-6-12/h2-9,19H,1H3. The van der Waals surface area contributed by atoms with Crippen LogP contribution in [0.15, 0.2) is 53.5 Å². The highest BCUT2D eigenvalue weighted by atomic mass is 19.1. The van der Waals surface area contributed by atoms with E-state index in [-0.39, 0.29) is 11.4 Å². The number of rotatable bonds is 1. The molecule has 2 aliphatic rings. The second-order valence-electron chi connectivity index (χ2n) is 5.29. The number of nitrogens with zero attached hydrogens (tertiary/aromatic N) is 2. The number of aromatic amines is 1. The zero-order chi connectivity index (χ0) is 15.3. The number of hydrogen-bond donors (Lipinski definition) is 1. The molecule has 5 heteroatoms. The Bertz CT molecular complexity index is 1010. The lowest BCUT2D eigenvalue weighted by Crippen LogP contribution is -2.14. The van der Waals surface area contributed by atoms with E-state index in [1.165, 1.54) is 16.8 Å². The van der Waals surface area contributed by atoms with Crippen molar-refractivity contribution in [2.24, 2.45) is 0 Å². The molecule has 0 saturated carbocycles. The molecule has 2 heterocycles. The number of aromatic nitrogens is 3. The molecule has 108 valence electrons. The Hall–Kier alpha value is -2.95. The molecule has 0 bridgehead atoms. The van der Waals surface area contributed by atoms with Crippen LogP contribution in [0.2, 0.25) is 0 Å². The van der Waals surface area contributed by atoms with E-state index in [0.29, 0.717) is 16.9 Å². The number of fused-ring (bicyclic) bond motifs is 3. The van der Waals surface area contributed by atoms with Crippen LogP contribution in [0.3, 0.4) is 0 Å². The van der Waals surface area contributed by atoms with Gasteiger partial charge in [-0.2, -0.15) is 9.78 Å². The quantitative estimate of drug-likeness (QED) is 0.585. The van der Waals surface area contributed by atoms with Crippen molar-refractivity contribution in [2.75, 3.05) is 0 Å². The predicted molar refractivity (Wildman–Crippen MR) is 83.0 cm³/mol. The summed E-state index contributed by atoms with van der Waals surface area (Å²) in [6.07, 6.45) is 1.67. The Morgan fingerprint density at radius 1 is 1.14 bits per heavy atom. The van der Waals surface area contributed by atoms with E-state index in [1.807, 2.05) is 25.1 Å². The lowest BCUT2D eigenvalue weighted by molar-refractivity contribution is 0.627. The fourth-order valence-electron chi connectivity index (χ4n) is 2.63. The number of hydrogen-bond acceptors (Lipinski definition) is 2. The molecule has 0 aliphatic carbocycles. The summed E-state index contributed by atoms with van der Waals surface area (Å²) in [6.45, 7) is 2.01. The van der Waals surface area contributed by atoms with Gasteiger partial charge in [0.25, 0.3) is 5.56 Å². The lowest BCUT2D eigenvalue weighted by atomic mass is 10.1. The Labute approximate surface area is 125 Å². The lowest BCUT2D eigenvalue weighted by Gasteiger charge is -2.03. The number of nitrogens with one attached hydrogen (secondary N) is 1. The molecule has 4 nitrogen and oxygen atoms in total. The van der Waals surface area contributed by atoms with Crippen molar-refractivity contribution in [3.63, 3.8) is 0 Å². The Balaban J connectivity index is 2.03. The van der Waals surface area contributed by atoms with Gasteiger partial charge in [0.2, 0.25) is 0 Å². The summed E-state index contributed by atoms with van der Waals surface area (Å²) < 4.78 is 14.3. The van der Waals surface area contributed by atoms with Gasteiger partial charge >= 0.3 is 0 Å². The highest BCUT2D eigenvalue weighted by Crippen LogP contribution is 2.26. The van der Waals surface area contributed by atoms with E-state index in [0.717, 1.165) is 16.5 Å². The molecule has 1 N–H and O–H groups in total. The molecule has 22 heavy (non-hydrogen) atoms. The van der Waals surface area contributed by atoms with Gasteiger partial charge in [-0.05, 0) is 42.8 Å². The van der Waals surface area contributed by atoms with Crippen molar-refractivity contribution < 1.29 is 4.39 Å². The first-order chi connectivity index (χ1) is 10.6. The maximum Gasteiger partial charge on any atom is 0.282 e. The smallest absolute Gasteiger partial charge is 0.282 e. The second kappa shape index (κ2) is 4.53. The average Bonchev–Trinajstić information content (AvgIpc) is 2.85. The van der Waals surface area contributed by atoms with Crippen molar-refractivity contribution in [3.05, 3.63) is 70.4 Å². The van der Waals surface area contributed by atoms with Crippen LogP contribution >= 0.6 is 0 Å². The summed E-state index contributed by atoms with van der Waals surface area (Å²) in [5.41, 5.74) is 3.53.